The van der Waals surface area contributed by atoms with Gasteiger partial charge in [0.2, 0.25) is 0 Å². The lowest BCUT2D eigenvalue weighted by molar-refractivity contribution is 0.0597. The molecule has 0 bridgehead atoms. The van der Waals surface area contributed by atoms with Crippen LogP contribution in [0.5, 0.6) is 0 Å². The smallest absolute Gasteiger partial charge is 0.0812 e. The molecule has 5 atom stereocenters. The highest BCUT2D eigenvalue weighted by Crippen LogP contribution is 2.60. The van der Waals surface area contributed by atoms with Crippen molar-refractivity contribution in [1.82, 2.24) is 0 Å². The standard InChI is InChI=1S/C28H44O3/c1-20(8-6-15-27(2,3)31)24-12-13-25-22(11-7-16-28(24,25)4)18-21-9-5-10-23(19-21)26(30)14-17-29/h5,9-10,18-20,24-26,29-31H,6-8,11-17H2,1-4H3/b22-18+/t20-,24-,25+,26?,28-/m1/s1. The van der Waals surface area contributed by atoms with Gasteiger partial charge in [-0.15, -0.1) is 0 Å². The molecule has 3 N–H and O–H groups in total. The van der Waals surface area contributed by atoms with Gasteiger partial charge >= 0.3 is 0 Å². The third kappa shape index (κ3) is 6.00. The molecule has 1 aromatic carbocycles. The summed E-state index contributed by atoms with van der Waals surface area (Å²) in [5.74, 6) is 2.13. The molecule has 2 fully saturated rings. The summed E-state index contributed by atoms with van der Waals surface area (Å²) in [7, 11) is 0. The van der Waals surface area contributed by atoms with E-state index < -0.39 is 11.7 Å². The summed E-state index contributed by atoms with van der Waals surface area (Å²) in [5, 5.41) is 29.5. The van der Waals surface area contributed by atoms with Gasteiger partial charge in [0, 0.05) is 13.0 Å². The van der Waals surface area contributed by atoms with E-state index in [4.69, 9.17) is 5.11 Å². The van der Waals surface area contributed by atoms with E-state index in [9.17, 15) is 10.2 Å². The molecule has 0 aromatic heterocycles. The van der Waals surface area contributed by atoms with Gasteiger partial charge in [0.15, 0.2) is 0 Å². The molecular weight excluding hydrogens is 384 g/mol. The Morgan fingerprint density at radius 1 is 1.23 bits per heavy atom. The molecule has 3 rings (SSSR count). The lowest BCUT2D eigenvalue weighted by Gasteiger charge is -2.44. The van der Waals surface area contributed by atoms with Gasteiger partial charge in [-0.1, -0.05) is 56.5 Å². The summed E-state index contributed by atoms with van der Waals surface area (Å²) in [6, 6.07) is 8.20. The molecule has 0 heterocycles. The molecule has 2 aliphatic carbocycles. The van der Waals surface area contributed by atoms with Crippen molar-refractivity contribution in [2.45, 2.75) is 97.2 Å². The Morgan fingerprint density at radius 3 is 2.71 bits per heavy atom. The van der Waals surface area contributed by atoms with Crippen LogP contribution in [-0.4, -0.2) is 27.5 Å². The van der Waals surface area contributed by atoms with Gasteiger partial charge in [-0.25, -0.2) is 0 Å². The van der Waals surface area contributed by atoms with Gasteiger partial charge in [-0.2, -0.15) is 0 Å². The van der Waals surface area contributed by atoms with E-state index in [0.29, 0.717) is 23.7 Å². The third-order valence-corrected chi connectivity index (χ3v) is 8.22. The zero-order valence-corrected chi connectivity index (χ0v) is 20.1. The molecular formula is C28H44O3. The predicted octanol–water partition coefficient (Wildman–Crippen LogP) is 6.28. The van der Waals surface area contributed by atoms with Crippen molar-refractivity contribution in [3.05, 3.63) is 41.0 Å². The van der Waals surface area contributed by atoms with E-state index in [2.05, 4.69) is 32.1 Å². The lowest BCUT2D eigenvalue weighted by Crippen LogP contribution is -2.36. The molecule has 0 radical (unpaired) electrons. The van der Waals surface area contributed by atoms with Crippen molar-refractivity contribution < 1.29 is 15.3 Å². The Balaban J connectivity index is 1.73. The first-order valence-corrected chi connectivity index (χ1v) is 12.5. The Hall–Kier alpha value is -1.16. The molecule has 174 valence electrons. The highest BCUT2D eigenvalue weighted by molar-refractivity contribution is 5.55. The zero-order valence-electron chi connectivity index (χ0n) is 20.1. The van der Waals surface area contributed by atoms with E-state index in [-0.39, 0.29) is 6.61 Å². The molecule has 3 heteroatoms. The Kier molecular flexibility index (Phi) is 8.05. The number of aliphatic hydroxyl groups excluding tert-OH is 2. The molecule has 3 nitrogen and oxygen atoms in total. The highest BCUT2D eigenvalue weighted by Gasteiger charge is 2.50. The number of benzene rings is 1. The van der Waals surface area contributed by atoms with E-state index in [1.165, 1.54) is 44.1 Å². The fourth-order valence-corrected chi connectivity index (χ4v) is 6.60. The second-order valence-corrected chi connectivity index (χ2v) is 11.2. The number of hydrogen-bond donors (Lipinski definition) is 3. The second-order valence-electron chi connectivity index (χ2n) is 11.2. The Morgan fingerprint density at radius 2 is 2.00 bits per heavy atom. The van der Waals surface area contributed by atoms with Gasteiger partial charge in [-0.05, 0) is 92.7 Å². The SMILES string of the molecule is C[C@H](CCCC(C)(C)O)[C@H]1CC[C@H]2/C(=C/c3cccc(C(O)CCO)c3)CCC[C@]12C. The first kappa shape index (κ1) is 24.5. The van der Waals surface area contributed by atoms with Crippen LogP contribution in [0.3, 0.4) is 0 Å². The molecule has 0 aliphatic heterocycles. The van der Waals surface area contributed by atoms with Crippen LogP contribution in [0.1, 0.15) is 103 Å². The van der Waals surface area contributed by atoms with Gasteiger partial charge in [0.25, 0.3) is 0 Å². The van der Waals surface area contributed by atoms with E-state index in [1.54, 1.807) is 5.57 Å². The quantitative estimate of drug-likeness (QED) is 0.434. The van der Waals surface area contributed by atoms with Crippen LogP contribution in [0, 0.1) is 23.2 Å². The minimum Gasteiger partial charge on any atom is -0.396 e. The largest absolute Gasteiger partial charge is 0.396 e. The number of rotatable bonds is 9. The fourth-order valence-electron chi connectivity index (χ4n) is 6.60. The number of hydrogen-bond acceptors (Lipinski definition) is 3. The summed E-state index contributed by atoms with van der Waals surface area (Å²) in [4.78, 5) is 0. The van der Waals surface area contributed by atoms with Gasteiger partial charge in [-0.3, -0.25) is 0 Å². The first-order valence-electron chi connectivity index (χ1n) is 12.5. The van der Waals surface area contributed by atoms with E-state index in [0.717, 1.165) is 24.3 Å². The molecule has 0 amide bonds. The highest BCUT2D eigenvalue weighted by atomic mass is 16.3. The Labute approximate surface area is 189 Å². The summed E-state index contributed by atoms with van der Waals surface area (Å²) < 4.78 is 0. The van der Waals surface area contributed by atoms with Crippen LogP contribution >= 0.6 is 0 Å². The lowest BCUT2D eigenvalue weighted by atomic mass is 9.60. The summed E-state index contributed by atoms with van der Waals surface area (Å²) in [5.41, 5.74) is 3.49. The number of aliphatic hydroxyl groups is 3. The van der Waals surface area contributed by atoms with Crippen molar-refractivity contribution in [3.8, 4) is 0 Å². The topological polar surface area (TPSA) is 60.7 Å². The number of allylic oxidation sites excluding steroid dienone is 1. The van der Waals surface area contributed by atoms with E-state index >= 15 is 0 Å². The molecule has 0 spiro atoms. The second kappa shape index (κ2) is 10.2. The van der Waals surface area contributed by atoms with Gasteiger partial charge in [0.05, 0.1) is 11.7 Å². The minimum absolute atomic E-state index is 0.00227. The van der Waals surface area contributed by atoms with Crippen LogP contribution in [0.2, 0.25) is 0 Å². The van der Waals surface area contributed by atoms with Crippen molar-refractivity contribution in [2.75, 3.05) is 6.61 Å². The summed E-state index contributed by atoms with van der Waals surface area (Å²) >= 11 is 0. The maximum absolute atomic E-state index is 10.3. The number of fused-ring (bicyclic) bond motifs is 1. The van der Waals surface area contributed by atoms with Crippen LogP contribution < -0.4 is 0 Å². The molecule has 2 aliphatic rings. The summed E-state index contributed by atoms with van der Waals surface area (Å²) in [6.07, 6.45) is 11.7. The van der Waals surface area contributed by atoms with Crippen molar-refractivity contribution in [1.29, 1.82) is 0 Å². The van der Waals surface area contributed by atoms with Crippen molar-refractivity contribution in [2.24, 2.45) is 23.2 Å². The zero-order chi connectivity index (χ0) is 22.6. The fraction of sp³-hybridized carbons (Fsp3) is 0.714. The van der Waals surface area contributed by atoms with Crippen molar-refractivity contribution in [3.63, 3.8) is 0 Å². The molecule has 31 heavy (non-hydrogen) atoms. The molecule has 1 unspecified atom stereocenters. The van der Waals surface area contributed by atoms with Crippen LogP contribution in [0.4, 0.5) is 0 Å². The molecule has 2 saturated carbocycles. The maximum Gasteiger partial charge on any atom is 0.0812 e. The third-order valence-electron chi connectivity index (χ3n) is 8.22. The monoisotopic (exact) mass is 428 g/mol. The van der Waals surface area contributed by atoms with Crippen LogP contribution in [0.15, 0.2) is 29.8 Å². The van der Waals surface area contributed by atoms with Gasteiger partial charge in [0.1, 0.15) is 0 Å². The molecule has 1 aromatic rings. The predicted molar refractivity (Wildman–Crippen MR) is 129 cm³/mol. The minimum atomic E-state index is -0.597. The molecule has 0 saturated heterocycles. The Bertz CT molecular complexity index is 747. The van der Waals surface area contributed by atoms with Crippen LogP contribution in [-0.2, 0) is 0 Å². The average Bonchev–Trinajstić information content (AvgIpc) is 3.05. The van der Waals surface area contributed by atoms with Crippen LogP contribution in [0.25, 0.3) is 6.08 Å². The van der Waals surface area contributed by atoms with Crippen molar-refractivity contribution >= 4 is 6.08 Å². The normalized spacial score (nSPS) is 29.7. The average molecular weight is 429 g/mol. The van der Waals surface area contributed by atoms with Gasteiger partial charge < -0.3 is 15.3 Å². The first-order chi connectivity index (χ1) is 14.6. The summed E-state index contributed by atoms with van der Waals surface area (Å²) in [6.45, 7) is 8.81. The maximum atomic E-state index is 10.3. The van der Waals surface area contributed by atoms with E-state index in [1.807, 2.05) is 26.0 Å².